The second-order valence-corrected chi connectivity index (χ2v) is 8.28. The first-order valence-corrected chi connectivity index (χ1v) is 10.7. The van der Waals surface area contributed by atoms with Crippen LogP contribution in [0.4, 0.5) is 4.79 Å². The third-order valence-corrected chi connectivity index (χ3v) is 6.23. The molecule has 1 atom stereocenters. The SMILES string of the molecule is O=C(CN1C(=O)NC2(CCCC2)C1=O)O[C@@H](C(=O)N1CCCCC1)c1ccccc1. The van der Waals surface area contributed by atoms with Gasteiger partial charge in [0.05, 0.1) is 0 Å². The third-order valence-electron chi connectivity index (χ3n) is 6.23. The maximum absolute atomic E-state index is 13.1. The summed E-state index contributed by atoms with van der Waals surface area (Å²) in [6.07, 6.45) is 4.74. The van der Waals surface area contributed by atoms with Gasteiger partial charge in [-0.3, -0.25) is 19.3 Å². The zero-order valence-electron chi connectivity index (χ0n) is 17.0. The number of carbonyl (C=O) groups excluding carboxylic acids is 4. The standard InChI is InChI=1S/C22H27N3O5/c26-17(15-25-20(28)22(23-21(25)29)11-5-6-12-22)30-18(16-9-3-1-4-10-16)19(27)24-13-7-2-8-14-24/h1,3-4,9-10,18H,2,5-8,11-15H2,(H,23,29)/t18-/m1/s1. The summed E-state index contributed by atoms with van der Waals surface area (Å²) < 4.78 is 5.56. The van der Waals surface area contributed by atoms with Crippen molar-refractivity contribution in [1.82, 2.24) is 15.1 Å². The molecule has 4 amide bonds. The molecule has 1 spiro atoms. The summed E-state index contributed by atoms with van der Waals surface area (Å²) in [5.41, 5.74) is -0.300. The molecule has 8 heteroatoms. The molecule has 30 heavy (non-hydrogen) atoms. The molecule has 3 aliphatic rings. The zero-order chi connectivity index (χ0) is 21.1. The summed E-state index contributed by atoms with van der Waals surface area (Å²) >= 11 is 0. The minimum Gasteiger partial charge on any atom is -0.446 e. The number of carbonyl (C=O) groups is 4. The maximum atomic E-state index is 13.1. The van der Waals surface area contributed by atoms with Crippen LogP contribution in [-0.4, -0.2) is 58.8 Å². The minimum absolute atomic E-state index is 0.265. The topological polar surface area (TPSA) is 96.0 Å². The molecule has 0 unspecified atom stereocenters. The Morgan fingerprint density at radius 1 is 1.00 bits per heavy atom. The fourth-order valence-corrected chi connectivity index (χ4v) is 4.60. The van der Waals surface area contributed by atoms with Gasteiger partial charge in [0.15, 0.2) is 0 Å². The van der Waals surface area contributed by atoms with Crippen molar-refractivity contribution in [2.75, 3.05) is 19.6 Å². The first-order chi connectivity index (χ1) is 14.5. The lowest BCUT2D eigenvalue weighted by Gasteiger charge is -2.30. The minimum atomic E-state index is -1.09. The first kappa shape index (κ1) is 20.4. The number of likely N-dealkylation sites (tertiary alicyclic amines) is 1. The van der Waals surface area contributed by atoms with Gasteiger partial charge in [-0.15, -0.1) is 0 Å². The molecule has 1 aliphatic carbocycles. The van der Waals surface area contributed by atoms with Gasteiger partial charge < -0.3 is 15.0 Å². The van der Waals surface area contributed by atoms with Crippen LogP contribution in [-0.2, 0) is 19.1 Å². The van der Waals surface area contributed by atoms with Crippen molar-refractivity contribution in [3.63, 3.8) is 0 Å². The number of urea groups is 1. The molecule has 2 aliphatic heterocycles. The van der Waals surface area contributed by atoms with E-state index in [4.69, 9.17) is 4.74 Å². The smallest absolute Gasteiger partial charge is 0.327 e. The average Bonchev–Trinajstić information content (AvgIpc) is 3.33. The molecule has 0 aromatic heterocycles. The van der Waals surface area contributed by atoms with Gasteiger partial charge in [0.1, 0.15) is 12.1 Å². The molecule has 2 heterocycles. The molecule has 1 saturated carbocycles. The van der Waals surface area contributed by atoms with E-state index < -0.39 is 30.2 Å². The Morgan fingerprint density at radius 2 is 1.67 bits per heavy atom. The van der Waals surface area contributed by atoms with E-state index in [9.17, 15) is 19.2 Å². The van der Waals surface area contributed by atoms with Crippen LogP contribution >= 0.6 is 0 Å². The summed E-state index contributed by atoms with van der Waals surface area (Å²) in [6.45, 7) is 0.771. The summed E-state index contributed by atoms with van der Waals surface area (Å²) in [7, 11) is 0. The van der Waals surface area contributed by atoms with E-state index in [1.54, 1.807) is 29.2 Å². The third kappa shape index (κ3) is 3.91. The van der Waals surface area contributed by atoms with Crippen molar-refractivity contribution in [3.05, 3.63) is 35.9 Å². The van der Waals surface area contributed by atoms with Gasteiger partial charge in [-0.25, -0.2) is 4.79 Å². The molecule has 3 fully saturated rings. The molecule has 1 aromatic carbocycles. The Hall–Kier alpha value is -2.90. The Labute approximate surface area is 175 Å². The fraction of sp³-hybridized carbons (Fsp3) is 0.545. The molecule has 8 nitrogen and oxygen atoms in total. The van der Waals surface area contributed by atoms with Crippen molar-refractivity contribution in [2.24, 2.45) is 0 Å². The number of rotatable bonds is 5. The predicted molar refractivity (Wildman–Crippen MR) is 107 cm³/mol. The Bertz CT molecular complexity index is 828. The Balaban J connectivity index is 1.47. The monoisotopic (exact) mass is 413 g/mol. The molecular formula is C22H27N3O5. The Kier molecular flexibility index (Phi) is 5.74. The van der Waals surface area contributed by atoms with Gasteiger partial charge in [-0.1, -0.05) is 43.2 Å². The number of hydrogen-bond donors (Lipinski definition) is 1. The first-order valence-electron chi connectivity index (χ1n) is 10.7. The zero-order valence-corrected chi connectivity index (χ0v) is 17.0. The van der Waals surface area contributed by atoms with E-state index >= 15 is 0 Å². The predicted octanol–water partition coefficient (Wildman–Crippen LogP) is 2.15. The van der Waals surface area contributed by atoms with Crippen molar-refractivity contribution in [1.29, 1.82) is 0 Å². The van der Waals surface area contributed by atoms with Crippen LogP contribution in [0.2, 0.25) is 0 Å². The average molecular weight is 413 g/mol. The number of amides is 4. The van der Waals surface area contributed by atoms with Crippen LogP contribution in [0, 0.1) is 0 Å². The highest BCUT2D eigenvalue weighted by atomic mass is 16.5. The van der Waals surface area contributed by atoms with E-state index in [0.29, 0.717) is 31.5 Å². The van der Waals surface area contributed by atoms with Gasteiger partial charge in [-0.2, -0.15) is 0 Å². The lowest BCUT2D eigenvalue weighted by molar-refractivity contribution is -0.162. The molecule has 0 bridgehead atoms. The maximum Gasteiger partial charge on any atom is 0.327 e. The summed E-state index contributed by atoms with van der Waals surface area (Å²) in [5.74, 6) is -1.41. The van der Waals surface area contributed by atoms with Gasteiger partial charge in [-0.05, 0) is 32.1 Å². The number of piperidine rings is 1. The van der Waals surface area contributed by atoms with E-state index in [0.717, 1.165) is 37.0 Å². The number of nitrogens with zero attached hydrogens (tertiary/aromatic N) is 2. The van der Waals surface area contributed by atoms with Crippen molar-refractivity contribution in [2.45, 2.75) is 56.6 Å². The number of imide groups is 1. The largest absolute Gasteiger partial charge is 0.446 e. The molecule has 4 rings (SSSR count). The van der Waals surface area contributed by atoms with Gasteiger partial charge >= 0.3 is 12.0 Å². The van der Waals surface area contributed by atoms with Crippen molar-refractivity contribution >= 4 is 23.8 Å². The lowest BCUT2D eigenvalue weighted by Crippen LogP contribution is -2.45. The molecule has 160 valence electrons. The summed E-state index contributed by atoms with van der Waals surface area (Å²) in [4.78, 5) is 53.5. The number of nitrogens with one attached hydrogen (secondary N) is 1. The highest BCUT2D eigenvalue weighted by Crippen LogP contribution is 2.35. The van der Waals surface area contributed by atoms with Crippen LogP contribution in [0.3, 0.4) is 0 Å². The van der Waals surface area contributed by atoms with E-state index in [2.05, 4.69) is 5.32 Å². The number of benzene rings is 1. The number of ether oxygens (including phenoxy) is 1. The van der Waals surface area contributed by atoms with Crippen LogP contribution in [0.1, 0.15) is 56.6 Å². The highest BCUT2D eigenvalue weighted by Gasteiger charge is 2.53. The van der Waals surface area contributed by atoms with Crippen LogP contribution in [0.15, 0.2) is 30.3 Å². The fourth-order valence-electron chi connectivity index (χ4n) is 4.60. The van der Waals surface area contributed by atoms with E-state index in [1.165, 1.54) is 0 Å². The quantitative estimate of drug-likeness (QED) is 0.589. The highest BCUT2D eigenvalue weighted by molar-refractivity contribution is 6.08. The molecular weight excluding hydrogens is 386 g/mol. The van der Waals surface area contributed by atoms with Gasteiger partial charge in [0.2, 0.25) is 6.10 Å². The molecule has 0 radical (unpaired) electrons. The second kappa shape index (κ2) is 8.45. The Morgan fingerprint density at radius 3 is 2.33 bits per heavy atom. The second-order valence-electron chi connectivity index (χ2n) is 8.28. The van der Waals surface area contributed by atoms with Gasteiger partial charge in [0.25, 0.3) is 11.8 Å². The number of esters is 1. The lowest BCUT2D eigenvalue weighted by atomic mass is 9.98. The van der Waals surface area contributed by atoms with Crippen molar-refractivity contribution < 1.29 is 23.9 Å². The normalized spacial score (nSPS) is 21.6. The van der Waals surface area contributed by atoms with Crippen LogP contribution in [0.5, 0.6) is 0 Å². The summed E-state index contributed by atoms with van der Waals surface area (Å²) in [5, 5.41) is 2.75. The van der Waals surface area contributed by atoms with Gasteiger partial charge in [0, 0.05) is 18.7 Å². The van der Waals surface area contributed by atoms with Crippen LogP contribution < -0.4 is 5.32 Å². The summed E-state index contributed by atoms with van der Waals surface area (Å²) in [6, 6.07) is 8.28. The molecule has 2 saturated heterocycles. The van der Waals surface area contributed by atoms with E-state index in [1.807, 2.05) is 6.07 Å². The molecule has 1 N–H and O–H groups in total. The van der Waals surface area contributed by atoms with E-state index in [-0.39, 0.29) is 11.8 Å². The van der Waals surface area contributed by atoms with Crippen molar-refractivity contribution in [3.8, 4) is 0 Å². The molecule has 1 aromatic rings. The number of hydrogen-bond acceptors (Lipinski definition) is 5. The van der Waals surface area contributed by atoms with Crippen LogP contribution in [0.25, 0.3) is 0 Å².